The zero-order chi connectivity index (χ0) is 17.5. The number of amides is 3. The fourth-order valence-corrected chi connectivity index (χ4v) is 2.17. The molecule has 0 aliphatic rings. The highest BCUT2D eigenvalue weighted by Gasteiger charge is 2.14. The third-order valence-electron chi connectivity index (χ3n) is 3.47. The quantitative estimate of drug-likeness (QED) is 0.847. The van der Waals surface area contributed by atoms with Crippen LogP contribution in [0.2, 0.25) is 0 Å². The second-order valence-corrected chi connectivity index (χ2v) is 6.92. The molecular formula is C18H29N3O2. The van der Waals surface area contributed by atoms with Crippen LogP contribution in [0.3, 0.4) is 0 Å². The molecule has 0 spiro atoms. The van der Waals surface area contributed by atoms with E-state index in [0.29, 0.717) is 13.1 Å². The lowest BCUT2D eigenvalue weighted by molar-refractivity contribution is -0.120. The molecule has 0 atom stereocenters. The van der Waals surface area contributed by atoms with Gasteiger partial charge in [-0.2, -0.15) is 0 Å². The summed E-state index contributed by atoms with van der Waals surface area (Å²) in [6.07, 6.45) is 0.839. The molecule has 0 fully saturated rings. The predicted molar refractivity (Wildman–Crippen MR) is 93.3 cm³/mol. The van der Waals surface area contributed by atoms with Gasteiger partial charge in [0.25, 0.3) is 0 Å². The first-order valence-electron chi connectivity index (χ1n) is 8.08. The third-order valence-corrected chi connectivity index (χ3v) is 3.47. The van der Waals surface area contributed by atoms with Crippen LogP contribution >= 0.6 is 0 Å². The monoisotopic (exact) mass is 319 g/mol. The van der Waals surface area contributed by atoms with Crippen LogP contribution in [-0.4, -0.2) is 37.0 Å². The Labute approximate surface area is 139 Å². The molecule has 0 radical (unpaired) electrons. The molecule has 0 aliphatic carbocycles. The summed E-state index contributed by atoms with van der Waals surface area (Å²) in [6.45, 7) is 9.91. The van der Waals surface area contributed by atoms with Gasteiger partial charge in [-0.1, -0.05) is 52.0 Å². The number of carbonyl (C=O) groups is 2. The second-order valence-electron chi connectivity index (χ2n) is 6.92. The number of likely N-dealkylation sites (N-methyl/N-ethyl adjacent to an activating group) is 1. The molecule has 1 rings (SSSR count). The molecule has 2 N–H and O–H groups in total. The van der Waals surface area contributed by atoms with Gasteiger partial charge < -0.3 is 5.32 Å². The third kappa shape index (κ3) is 7.28. The van der Waals surface area contributed by atoms with E-state index < -0.39 is 6.03 Å². The Balaban J connectivity index is 2.45. The van der Waals surface area contributed by atoms with Crippen LogP contribution in [-0.2, 0) is 16.8 Å². The molecule has 0 bridgehead atoms. The molecule has 5 nitrogen and oxygen atoms in total. The van der Waals surface area contributed by atoms with Gasteiger partial charge in [0.2, 0.25) is 5.91 Å². The van der Waals surface area contributed by atoms with Gasteiger partial charge in [-0.3, -0.25) is 15.0 Å². The van der Waals surface area contributed by atoms with Gasteiger partial charge in [0.1, 0.15) is 0 Å². The van der Waals surface area contributed by atoms with Crippen molar-refractivity contribution < 1.29 is 9.59 Å². The van der Waals surface area contributed by atoms with E-state index in [1.807, 2.05) is 18.9 Å². The first-order valence-corrected chi connectivity index (χ1v) is 8.08. The maximum Gasteiger partial charge on any atom is 0.321 e. The van der Waals surface area contributed by atoms with Crippen molar-refractivity contribution >= 4 is 11.9 Å². The number of nitrogens with one attached hydrogen (secondary N) is 2. The lowest BCUT2D eigenvalue weighted by Crippen LogP contribution is -2.43. The van der Waals surface area contributed by atoms with Crippen molar-refractivity contribution in [3.63, 3.8) is 0 Å². The molecule has 0 aliphatic heterocycles. The summed E-state index contributed by atoms with van der Waals surface area (Å²) in [6, 6.07) is 7.99. The Morgan fingerprint density at radius 1 is 1.13 bits per heavy atom. The summed E-state index contributed by atoms with van der Waals surface area (Å²) in [7, 11) is 1.86. The summed E-state index contributed by atoms with van der Waals surface area (Å²) in [5.74, 6) is -0.299. The first-order chi connectivity index (χ1) is 10.7. The number of nitrogens with zero attached hydrogens (tertiary/aromatic N) is 1. The molecule has 0 saturated carbocycles. The molecule has 3 amide bonds. The smallest absolute Gasteiger partial charge is 0.321 e. The Hall–Kier alpha value is -1.88. The zero-order valence-electron chi connectivity index (χ0n) is 14.9. The highest BCUT2D eigenvalue weighted by atomic mass is 16.2. The normalized spacial score (nSPS) is 11.4. The van der Waals surface area contributed by atoms with Crippen molar-refractivity contribution in [1.82, 2.24) is 15.5 Å². The number of hydrogen-bond acceptors (Lipinski definition) is 3. The Morgan fingerprint density at radius 2 is 1.74 bits per heavy atom. The molecule has 23 heavy (non-hydrogen) atoms. The molecule has 1 aromatic rings. The number of carbonyl (C=O) groups excluding carboxylic acids is 2. The summed E-state index contributed by atoms with van der Waals surface area (Å²) >= 11 is 0. The molecule has 1 aromatic carbocycles. The molecule has 0 heterocycles. The van der Waals surface area contributed by atoms with Crippen molar-refractivity contribution in [3.8, 4) is 0 Å². The fraction of sp³-hybridized carbons (Fsp3) is 0.556. The molecule has 5 heteroatoms. The van der Waals surface area contributed by atoms with Gasteiger partial charge in [-0.05, 0) is 30.0 Å². The van der Waals surface area contributed by atoms with E-state index in [2.05, 4.69) is 55.7 Å². The molecule has 0 aromatic heterocycles. The van der Waals surface area contributed by atoms with Crippen LogP contribution in [0, 0.1) is 0 Å². The van der Waals surface area contributed by atoms with E-state index in [1.165, 1.54) is 5.56 Å². The highest BCUT2D eigenvalue weighted by Crippen LogP contribution is 2.22. The van der Waals surface area contributed by atoms with E-state index in [9.17, 15) is 9.59 Å². The topological polar surface area (TPSA) is 61.4 Å². The standard InChI is InChI=1S/C18H29N3O2/c1-6-11-19-17(23)20-16(22)13-21(5)12-14-7-9-15(10-8-14)18(2,3)4/h7-10H,6,11-13H2,1-5H3,(H2,19,20,22,23). The van der Waals surface area contributed by atoms with Crippen LogP contribution in [0.25, 0.3) is 0 Å². The Kier molecular flexibility index (Phi) is 7.23. The Bertz CT molecular complexity index is 518. The second kappa shape index (κ2) is 8.67. The zero-order valence-corrected chi connectivity index (χ0v) is 14.9. The fourth-order valence-electron chi connectivity index (χ4n) is 2.17. The maximum absolute atomic E-state index is 11.8. The van der Waals surface area contributed by atoms with Crippen molar-refractivity contribution in [3.05, 3.63) is 35.4 Å². The predicted octanol–water partition coefficient (Wildman–Crippen LogP) is 2.65. The molecule has 128 valence electrons. The van der Waals surface area contributed by atoms with E-state index >= 15 is 0 Å². The summed E-state index contributed by atoms with van der Waals surface area (Å²) in [4.78, 5) is 25.1. The van der Waals surface area contributed by atoms with Crippen LogP contribution in [0.5, 0.6) is 0 Å². The number of urea groups is 1. The Morgan fingerprint density at radius 3 is 2.26 bits per heavy atom. The van der Waals surface area contributed by atoms with Crippen LogP contribution in [0.15, 0.2) is 24.3 Å². The van der Waals surface area contributed by atoms with E-state index in [0.717, 1.165) is 12.0 Å². The van der Waals surface area contributed by atoms with E-state index in [-0.39, 0.29) is 17.9 Å². The number of hydrogen-bond donors (Lipinski definition) is 2. The van der Waals surface area contributed by atoms with Crippen LogP contribution in [0.4, 0.5) is 4.79 Å². The van der Waals surface area contributed by atoms with Crippen molar-refractivity contribution in [2.45, 2.75) is 46.1 Å². The minimum Gasteiger partial charge on any atom is -0.338 e. The minimum absolute atomic E-state index is 0.135. The lowest BCUT2D eigenvalue weighted by Gasteiger charge is -2.20. The van der Waals surface area contributed by atoms with Gasteiger partial charge in [-0.15, -0.1) is 0 Å². The number of imide groups is 1. The van der Waals surface area contributed by atoms with Gasteiger partial charge in [0.05, 0.1) is 6.54 Å². The van der Waals surface area contributed by atoms with Crippen molar-refractivity contribution in [1.29, 1.82) is 0 Å². The van der Waals surface area contributed by atoms with Crippen molar-refractivity contribution in [2.75, 3.05) is 20.1 Å². The van der Waals surface area contributed by atoms with E-state index in [1.54, 1.807) is 0 Å². The van der Waals surface area contributed by atoms with Crippen LogP contribution in [0.1, 0.15) is 45.2 Å². The molecule has 0 unspecified atom stereocenters. The average molecular weight is 319 g/mol. The van der Waals surface area contributed by atoms with Gasteiger partial charge in [0, 0.05) is 13.1 Å². The van der Waals surface area contributed by atoms with Gasteiger partial charge >= 0.3 is 6.03 Å². The number of rotatable bonds is 6. The molecular weight excluding hydrogens is 290 g/mol. The van der Waals surface area contributed by atoms with Gasteiger partial charge in [0.15, 0.2) is 0 Å². The minimum atomic E-state index is -0.431. The maximum atomic E-state index is 11.8. The largest absolute Gasteiger partial charge is 0.338 e. The highest BCUT2D eigenvalue weighted by molar-refractivity contribution is 5.95. The lowest BCUT2D eigenvalue weighted by atomic mass is 9.87. The average Bonchev–Trinajstić information content (AvgIpc) is 2.44. The van der Waals surface area contributed by atoms with Gasteiger partial charge in [-0.25, -0.2) is 4.79 Å². The summed E-state index contributed by atoms with van der Waals surface area (Å²) < 4.78 is 0. The summed E-state index contributed by atoms with van der Waals surface area (Å²) in [5, 5.41) is 4.95. The van der Waals surface area contributed by atoms with Crippen LogP contribution < -0.4 is 10.6 Å². The summed E-state index contributed by atoms with van der Waals surface area (Å²) in [5.41, 5.74) is 2.56. The SMILES string of the molecule is CCCNC(=O)NC(=O)CN(C)Cc1ccc(C(C)(C)C)cc1. The van der Waals surface area contributed by atoms with Crippen molar-refractivity contribution in [2.24, 2.45) is 0 Å². The van der Waals surface area contributed by atoms with E-state index in [4.69, 9.17) is 0 Å². The number of benzene rings is 1. The molecule has 0 saturated heterocycles. The first kappa shape index (κ1) is 19.2.